The van der Waals surface area contributed by atoms with E-state index in [-0.39, 0.29) is 11.0 Å². The second-order valence-corrected chi connectivity index (χ2v) is 2.19. The highest BCUT2D eigenvalue weighted by atomic mass is 35.5. The summed E-state index contributed by atoms with van der Waals surface area (Å²) in [6.07, 6.45) is 0. The Morgan fingerprint density at radius 3 is 3.00 bits per heavy atom. The van der Waals surface area contributed by atoms with Crippen LogP contribution in [-0.2, 0) is 0 Å². The predicted octanol–water partition coefficient (Wildman–Crippen LogP) is 0.767. The Labute approximate surface area is 68.9 Å². The van der Waals surface area contributed by atoms with Crippen LogP contribution in [0, 0.1) is 5.21 Å². The van der Waals surface area contributed by atoms with Crippen molar-refractivity contribution in [1.82, 2.24) is 5.10 Å². The topological polar surface area (TPSA) is 49.1 Å². The summed E-state index contributed by atoms with van der Waals surface area (Å²) in [5.74, 6) is 0.164. The molecule has 5 heteroatoms. The van der Waals surface area contributed by atoms with Crippen molar-refractivity contribution >= 4 is 11.6 Å². The van der Waals surface area contributed by atoms with E-state index < -0.39 is 0 Å². The number of halogens is 1. The van der Waals surface area contributed by atoms with E-state index in [9.17, 15) is 5.21 Å². The average Bonchev–Trinajstić information content (AvgIpc) is 1.95. The van der Waals surface area contributed by atoms with Gasteiger partial charge >= 0.3 is 5.88 Å². The summed E-state index contributed by atoms with van der Waals surface area (Å²) in [6.45, 7) is 2.22. The fourth-order valence-electron chi connectivity index (χ4n) is 0.624. The lowest BCUT2D eigenvalue weighted by Gasteiger charge is -2.00. The van der Waals surface area contributed by atoms with Crippen LogP contribution >= 0.6 is 11.6 Å². The van der Waals surface area contributed by atoms with Gasteiger partial charge in [0.25, 0.3) is 0 Å². The maximum Gasteiger partial charge on any atom is 0.405 e. The van der Waals surface area contributed by atoms with Crippen LogP contribution in [0.2, 0.25) is 5.15 Å². The van der Waals surface area contributed by atoms with E-state index in [1.165, 1.54) is 12.1 Å². The molecule has 0 aliphatic rings. The SMILES string of the molecule is CCOc1ccc(Cl)n[n+]1[O-]. The van der Waals surface area contributed by atoms with Gasteiger partial charge in [-0.1, -0.05) is 11.6 Å². The van der Waals surface area contributed by atoms with Gasteiger partial charge in [0.2, 0.25) is 0 Å². The molecule has 0 fully saturated rings. The Bertz CT molecular complexity index is 254. The van der Waals surface area contributed by atoms with Gasteiger partial charge in [0.15, 0.2) is 5.15 Å². The van der Waals surface area contributed by atoms with Crippen molar-refractivity contribution < 1.29 is 9.58 Å². The normalized spacial score (nSPS) is 9.64. The molecule has 0 unspecified atom stereocenters. The van der Waals surface area contributed by atoms with Crippen molar-refractivity contribution in [1.29, 1.82) is 0 Å². The molecule has 1 heterocycles. The smallest absolute Gasteiger partial charge is 0.405 e. The number of ether oxygens (including phenoxy) is 1. The van der Waals surface area contributed by atoms with Crippen LogP contribution in [0.3, 0.4) is 0 Å². The third-order valence-corrected chi connectivity index (χ3v) is 1.23. The third-order valence-electron chi connectivity index (χ3n) is 1.03. The van der Waals surface area contributed by atoms with Crippen molar-refractivity contribution in [3.05, 3.63) is 22.5 Å². The molecule has 0 bridgehead atoms. The van der Waals surface area contributed by atoms with Gasteiger partial charge in [0, 0.05) is 5.10 Å². The van der Waals surface area contributed by atoms with E-state index in [1.807, 2.05) is 0 Å². The summed E-state index contributed by atoms with van der Waals surface area (Å²) in [5, 5.41) is 14.4. The van der Waals surface area contributed by atoms with Gasteiger partial charge in [-0.15, -0.1) is 0 Å². The lowest BCUT2D eigenvalue weighted by Crippen LogP contribution is -2.33. The number of aromatic nitrogens is 2. The first-order valence-corrected chi connectivity index (χ1v) is 3.51. The number of rotatable bonds is 2. The van der Waals surface area contributed by atoms with Gasteiger partial charge in [0.05, 0.1) is 12.7 Å². The Balaban J connectivity index is 2.90. The first-order valence-electron chi connectivity index (χ1n) is 3.13. The van der Waals surface area contributed by atoms with Crippen LogP contribution in [0.5, 0.6) is 5.88 Å². The predicted molar refractivity (Wildman–Crippen MR) is 39.4 cm³/mol. The van der Waals surface area contributed by atoms with Crippen molar-refractivity contribution in [3.8, 4) is 5.88 Å². The van der Waals surface area contributed by atoms with Gasteiger partial charge in [-0.2, -0.15) is 0 Å². The Morgan fingerprint density at radius 2 is 2.45 bits per heavy atom. The molecule has 0 N–H and O–H groups in total. The van der Waals surface area contributed by atoms with Crippen molar-refractivity contribution in [2.75, 3.05) is 6.61 Å². The zero-order valence-electron chi connectivity index (χ0n) is 5.95. The first kappa shape index (κ1) is 8.07. The molecule has 4 nitrogen and oxygen atoms in total. The summed E-state index contributed by atoms with van der Waals surface area (Å²) in [7, 11) is 0. The van der Waals surface area contributed by atoms with E-state index in [4.69, 9.17) is 16.3 Å². The summed E-state index contributed by atoms with van der Waals surface area (Å²) in [4.78, 5) is 0.353. The molecule has 60 valence electrons. The fraction of sp³-hybridized carbons (Fsp3) is 0.333. The molecule has 11 heavy (non-hydrogen) atoms. The second-order valence-electron chi connectivity index (χ2n) is 1.80. The molecule has 0 amide bonds. The zero-order valence-corrected chi connectivity index (χ0v) is 6.71. The van der Waals surface area contributed by atoms with Gasteiger partial charge in [-0.3, -0.25) is 0 Å². The van der Waals surface area contributed by atoms with Gasteiger partial charge in [-0.25, -0.2) is 0 Å². The molecule has 1 rings (SSSR count). The molecule has 1 aromatic heterocycles. The molecule has 0 spiro atoms. The van der Waals surface area contributed by atoms with Gasteiger partial charge < -0.3 is 9.94 Å². The number of hydrogen-bond donors (Lipinski definition) is 0. The molecular formula is C6H7ClN2O2. The molecule has 0 aromatic carbocycles. The maximum absolute atomic E-state index is 10.8. The highest BCUT2D eigenvalue weighted by Gasteiger charge is 2.06. The lowest BCUT2D eigenvalue weighted by atomic mass is 10.6. The van der Waals surface area contributed by atoms with Crippen molar-refractivity contribution in [3.63, 3.8) is 0 Å². The molecule has 0 atom stereocenters. The standard InChI is InChI=1S/C6H7ClN2O2/c1-2-11-6-4-3-5(7)8-9(6)10/h3-4H,2H2,1H3. The highest BCUT2D eigenvalue weighted by molar-refractivity contribution is 6.29. The minimum absolute atomic E-state index is 0.156. The van der Waals surface area contributed by atoms with Crippen LogP contribution < -0.4 is 9.58 Å². The van der Waals surface area contributed by atoms with Crippen LogP contribution in [0.4, 0.5) is 0 Å². The molecule has 1 aromatic rings. The summed E-state index contributed by atoms with van der Waals surface area (Å²) in [5.41, 5.74) is 0. The first-order chi connectivity index (χ1) is 5.24. The van der Waals surface area contributed by atoms with Crippen molar-refractivity contribution in [2.45, 2.75) is 6.92 Å². The maximum atomic E-state index is 10.8. The number of hydrogen-bond acceptors (Lipinski definition) is 3. The lowest BCUT2D eigenvalue weighted by molar-refractivity contribution is -0.674. The molecule has 0 aliphatic heterocycles. The molecule has 0 saturated carbocycles. The average molecular weight is 175 g/mol. The highest BCUT2D eigenvalue weighted by Crippen LogP contribution is 2.05. The summed E-state index contributed by atoms with van der Waals surface area (Å²) in [6, 6.07) is 2.98. The van der Waals surface area contributed by atoms with E-state index in [2.05, 4.69) is 5.10 Å². The Morgan fingerprint density at radius 1 is 1.73 bits per heavy atom. The summed E-state index contributed by atoms with van der Waals surface area (Å²) >= 11 is 5.43. The fourth-order valence-corrected chi connectivity index (χ4v) is 0.756. The van der Waals surface area contributed by atoms with Gasteiger partial charge in [-0.05, 0) is 17.8 Å². The number of nitrogens with zero attached hydrogens (tertiary/aromatic N) is 2. The van der Waals surface area contributed by atoms with Crippen LogP contribution in [0.25, 0.3) is 0 Å². The third kappa shape index (κ3) is 1.94. The Kier molecular flexibility index (Phi) is 2.48. The van der Waals surface area contributed by atoms with Crippen molar-refractivity contribution in [2.24, 2.45) is 0 Å². The monoisotopic (exact) mass is 174 g/mol. The molecule has 0 radical (unpaired) electrons. The quantitative estimate of drug-likeness (QED) is 0.492. The minimum Gasteiger partial charge on any atom is -0.591 e. The van der Waals surface area contributed by atoms with Crippen LogP contribution in [-0.4, -0.2) is 11.7 Å². The molecular weight excluding hydrogens is 168 g/mol. The van der Waals surface area contributed by atoms with Crippen LogP contribution in [0.15, 0.2) is 12.1 Å². The van der Waals surface area contributed by atoms with E-state index in [0.29, 0.717) is 11.5 Å². The molecule has 0 saturated heterocycles. The van der Waals surface area contributed by atoms with E-state index in [0.717, 1.165) is 0 Å². The minimum atomic E-state index is 0.156. The Hall–Kier alpha value is -1.03. The summed E-state index contributed by atoms with van der Waals surface area (Å²) < 4.78 is 4.92. The largest absolute Gasteiger partial charge is 0.591 e. The van der Waals surface area contributed by atoms with Crippen LogP contribution in [0.1, 0.15) is 6.92 Å². The van der Waals surface area contributed by atoms with E-state index >= 15 is 0 Å². The zero-order chi connectivity index (χ0) is 8.27. The molecule has 0 aliphatic carbocycles. The second kappa shape index (κ2) is 3.39. The van der Waals surface area contributed by atoms with E-state index in [1.54, 1.807) is 6.92 Å². The van der Waals surface area contributed by atoms with Gasteiger partial charge in [0.1, 0.15) is 0 Å².